The number of aromatic nitrogens is 3. The summed E-state index contributed by atoms with van der Waals surface area (Å²) in [6, 6.07) is 4.75. The van der Waals surface area contributed by atoms with Crippen molar-refractivity contribution in [1.82, 2.24) is 19.1 Å². The minimum absolute atomic E-state index is 0.0114. The van der Waals surface area contributed by atoms with Crippen LogP contribution in [0.5, 0.6) is 5.75 Å². The van der Waals surface area contributed by atoms with Gasteiger partial charge < -0.3 is 14.4 Å². The molecule has 1 N–H and O–H groups in total. The van der Waals surface area contributed by atoms with Crippen LogP contribution in [0.25, 0.3) is 0 Å². The minimum Gasteiger partial charge on any atom is -0.494 e. The number of aryl methyl sites for hydroxylation is 1. The number of ether oxygens (including phenoxy) is 1. The Balaban J connectivity index is 1.93. The highest BCUT2D eigenvalue weighted by Gasteiger charge is 2.41. The molecule has 1 aliphatic rings. The number of carboxylic acid groups (broad SMARTS) is 1. The molecule has 0 amide bonds. The lowest BCUT2D eigenvalue weighted by atomic mass is 10.2. The van der Waals surface area contributed by atoms with Crippen LogP contribution in [-0.4, -0.2) is 51.2 Å². The predicted octanol–water partition coefficient (Wildman–Crippen LogP) is 1.03. The first kappa shape index (κ1) is 18.3. The summed E-state index contributed by atoms with van der Waals surface area (Å²) in [5.74, 6) is 0.331. The van der Waals surface area contributed by atoms with Gasteiger partial charge in [0, 0.05) is 0 Å². The van der Waals surface area contributed by atoms with Gasteiger partial charge in [0.05, 0.1) is 24.6 Å². The first-order valence-electron chi connectivity index (χ1n) is 8.20. The third-order valence-corrected chi connectivity index (χ3v) is 6.07. The Morgan fingerprint density at radius 3 is 2.62 bits per heavy atom. The van der Waals surface area contributed by atoms with E-state index in [1.54, 1.807) is 23.6 Å². The zero-order chi connectivity index (χ0) is 18.9. The molecule has 0 saturated heterocycles. The number of aliphatic carboxylic acids is 1. The fourth-order valence-electron chi connectivity index (χ4n) is 2.81. The molecule has 2 heterocycles. The summed E-state index contributed by atoms with van der Waals surface area (Å²) in [7, 11) is -4.01. The number of sulfonamides is 1. The van der Waals surface area contributed by atoms with Gasteiger partial charge in [-0.05, 0) is 37.6 Å². The number of carbonyl (C=O) groups is 1. The molecular weight excluding hydrogens is 360 g/mol. The summed E-state index contributed by atoms with van der Waals surface area (Å²) in [5.41, 5.74) is 0. The van der Waals surface area contributed by atoms with E-state index in [1.165, 1.54) is 12.1 Å². The smallest absolute Gasteiger partial charge is 0.323 e. The molecule has 1 unspecified atom stereocenters. The van der Waals surface area contributed by atoms with Gasteiger partial charge in [-0.3, -0.25) is 4.79 Å². The molecule has 0 saturated carbocycles. The summed E-state index contributed by atoms with van der Waals surface area (Å²) < 4.78 is 34.1. The molecule has 1 aromatic carbocycles. The highest BCUT2D eigenvalue weighted by Crippen LogP contribution is 2.27. The van der Waals surface area contributed by atoms with Crippen molar-refractivity contribution in [1.29, 1.82) is 0 Å². The average Bonchev–Trinajstić information content (AvgIpc) is 2.99. The van der Waals surface area contributed by atoms with Crippen LogP contribution in [0.4, 0.5) is 0 Å². The van der Waals surface area contributed by atoms with Crippen LogP contribution in [0.3, 0.4) is 0 Å². The van der Waals surface area contributed by atoms with Gasteiger partial charge in [-0.15, -0.1) is 10.2 Å². The molecule has 0 radical (unpaired) electrons. The fraction of sp³-hybridized carbons (Fsp3) is 0.438. The van der Waals surface area contributed by atoms with E-state index in [2.05, 4.69) is 10.2 Å². The van der Waals surface area contributed by atoms with Crippen LogP contribution in [0.15, 0.2) is 29.2 Å². The molecule has 9 nitrogen and oxygen atoms in total. The molecule has 1 atom stereocenters. The van der Waals surface area contributed by atoms with E-state index < -0.39 is 22.0 Å². The van der Waals surface area contributed by atoms with E-state index in [9.17, 15) is 18.3 Å². The van der Waals surface area contributed by atoms with E-state index in [0.29, 0.717) is 24.0 Å². The molecular formula is C16H20N4O5S. The van der Waals surface area contributed by atoms with Gasteiger partial charge in [0.15, 0.2) is 0 Å². The highest BCUT2D eigenvalue weighted by molar-refractivity contribution is 7.89. The van der Waals surface area contributed by atoms with Crippen molar-refractivity contribution in [3.05, 3.63) is 35.9 Å². The SMILES string of the molecule is CCCOc1ccc(S(=O)(=O)N2Cc3nnc(C)n3CC2C(=O)O)cc1. The van der Waals surface area contributed by atoms with Crippen molar-refractivity contribution >= 4 is 16.0 Å². The van der Waals surface area contributed by atoms with E-state index >= 15 is 0 Å². The zero-order valence-electron chi connectivity index (χ0n) is 14.5. The van der Waals surface area contributed by atoms with Crippen LogP contribution in [0.2, 0.25) is 0 Å². The topological polar surface area (TPSA) is 115 Å². The molecule has 3 rings (SSSR count). The first-order chi connectivity index (χ1) is 12.3. The highest BCUT2D eigenvalue weighted by atomic mass is 32.2. The summed E-state index contributed by atoms with van der Waals surface area (Å²) in [6.45, 7) is 4.04. The lowest BCUT2D eigenvalue weighted by molar-refractivity contribution is -0.142. The summed E-state index contributed by atoms with van der Waals surface area (Å²) in [4.78, 5) is 11.7. The number of hydrogen-bond donors (Lipinski definition) is 1. The number of carboxylic acids is 1. The second kappa shape index (κ2) is 7.04. The van der Waals surface area contributed by atoms with Crippen LogP contribution < -0.4 is 4.74 Å². The van der Waals surface area contributed by atoms with Crippen LogP contribution in [0, 0.1) is 6.92 Å². The van der Waals surface area contributed by atoms with Gasteiger partial charge in [-0.2, -0.15) is 4.31 Å². The maximum Gasteiger partial charge on any atom is 0.323 e. The molecule has 0 fully saturated rings. The largest absolute Gasteiger partial charge is 0.494 e. The zero-order valence-corrected chi connectivity index (χ0v) is 15.3. The monoisotopic (exact) mass is 380 g/mol. The van der Waals surface area contributed by atoms with Crippen LogP contribution in [0.1, 0.15) is 25.0 Å². The van der Waals surface area contributed by atoms with Crippen LogP contribution in [-0.2, 0) is 27.9 Å². The molecule has 140 valence electrons. The van der Waals surface area contributed by atoms with Gasteiger partial charge in [0.2, 0.25) is 10.0 Å². The Morgan fingerprint density at radius 2 is 2.00 bits per heavy atom. The second-order valence-corrected chi connectivity index (χ2v) is 7.89. The van der Waals surface area contributed by atoms with Crippen molar-refractivity contribution in [2.24, 2.45) is 0 Å². The predicted molar refractivity (Wildman–Crippen MR) is 91.1 cm³/mol. The number of fused-ring (bicyclic) bond motifs is 1. The Bertz CT molecular complexity index is 907. The van der Waals surface area contributed by atoms with Gasteiger partial charge in [0.25, 0.3) is 0 Å². The van der Waals surface area contributed by atoms with Gasteiger partial charge in [0.1, 0.15) is 23.4 Å². The molecule has 2 aromatic rings. The normalized spacial score (nSPS) is 17.7. The summed E-state index contributed by atoms with van der Waals surface area (Å²) in [6.07, 6.45) is 0.841. The van der Waals surface area contributed by atoms with Crippen LogP contribution >= 0.6 is 0 Å². The van der Waals surface area contributed by atoms with E-state index in [0.717, 1.165) is 10.7 Å². The Labute approximate surface area is 151 Å². The number of rotatable bonds is 6. The molecule has 1 aromatic heterocycles. The van der Waals surface area contributed by atoms with Crippen molar-refractivity contribution < 1.29 is 23.1 Å². The molecule has 0 spiro atoms. The molecule has 0 aliphatic carbocycles. The second-order valence-electron chi connectivity index (χ2n) is 6.00. The molecule has 26 heavy (non-hydrogen) atoms. The first-order valence-corrected chi connectivity index (χ1v) is 9.64. The molecule has 10 heteroatoms. The lowest BCUT2D eigenvalue weighted by Gasteiger charge is -2.32. The van der Waals surface area contributed by atoms with E-state index in [4.69, 9.17) is 4.74 Å². The van der Waals surface area contributed by atoms with Gasteiger partial charge >= 0.3 is 5.97 Å². The minimum atomic E-state index is -4.01. The van der Waals surface area contributed by atoms with E-state index in [-0.39, 0.29) is 18.0 Å². The maximum absolute atomic E-state index is 13.0. The number of hydrogen-bond acceptors (Lipinski definition) is 6. The van der Waals surface area contributed by atoms with Gasteiger partial charge in [-0.25, -0.2) is 8.42 Å². The summed E-state index contributed by atoms with van der Waals surface area (Å²) in [5, 5.41) is 17.4. The third kappa shape index (κ3) is 3.29. The van der Waals surface area contributed by atoms with Crippen molar-refractivity contribution in [2.75, 3.05) is 6.61 Å². The average molecular weight is 380 g/mol. The quantitative estimate of drug-likeness (QED) is 0.796. The van der Waals surface area contributed by atoms with Crippen molar-refractivity contribution in [2.45, 2.75) is 44.3 Å². The van der Waals surface area contributed by atoms with E-state index in [1.807, 2.05) is 6.92 Å². The van der Waals surface area contributed by atoms with Gasteiger partial charge in [-0.1, -0.05) is 6.92 Å². The fourth-order valence-corrected chi connectivity index (χ4v) is 4.34. The Kier molecular flexibility index (Phi) is 4.97. The Hall–Kier alpha value is -2.46. The third-order valence-electron chi connectivity index (χ3n) is 4.20. The maximum atomic E-state index is 13.0. The van der Waals surface area contributed by atoms with Crippen molar-refractivity contribution in [3.63, 3.8) is 0 Å². The molecule has 0 bridgehead atoms. The van der Waals surface area contributed by atoms with Crippen molar-refractivity contribution in [3.8, 4) is 5.75 Å². The standard InChI is InChI=1S/C16H20N4O5S/c1-3-8-25-12-4-6-13(7-5-12)26(23,24)20-10-15-18-17-11(2)19(15)9-14(20)16(21)22/h4-7,14H,3,8-10H2,1-2H3,(H,21,22). The number of nitrogens with zero attached hydrogens (tertiary/aromatic N) is 4. The lowest BCUT2D eigenvalue weighted by Crippen LogP contribution is -2.50. The number of benzene rings is 1. The summed E-state index contributed by atoms with van der Waals surface area (Å²) >= 11 is 0. The molecule has 1 aliphatic heterocycles. The Morgan fingerprint density at radius 1 is 1.31 bits per heavy atom.